The summed E-state index contributed by atoms with van der Waals surface area (Å²) in [5.74, 6) is 0. The second-order valence-corrected chi connectivity index (χ2v) is 5.43. The molecule has 17 heavy (non-hydrogen) atoms. The van der Waals surface area contributed by atoms with E-state index in [1.807, 2.05) is 6.92 Å². The number of aromatic nitrogens is 1. The van der Waals surface area contributed by atoms with Gasteiger partial charge in [0, 0.05) is 6.54 Å². The maximum absolute atomic E-state index is 10.9. The first kappa shape index (κ1) is 12.5. The van der Waals surface area contributed by atoms with Gasteiger partial charge in [-0.25, -0.2) is 4.98 Å². The molecule has 2 atom stereocenters. The number of thiazole rings is 1. The Balaban J connectivity index is 2.25. The topological polar surface area (TPSA) is 42.4 Å². The lowest BCUT2D eigenvalue weighted by Crippen LogP contribution is -2.48. The third-order valence-electron chi connectivity index (χ3n) is 3.11. The van der Waals surface area contributed by atoms with Gasteiger partial charge in [0.05, 0.1) is 29.3 Å². The molecule has 1 aliphatic rings. The number of carbonyl (C=O) groups is 1. The third-order valence-corrected chi connectivity index (χ3v) is 4.23. The van der Waals surface area contributed by atoms with E-state index in [-0.39, 0.29) is 6.10 Å². The third kappa shape index (κ3) is 2.50. The van der Waals surface area contributed by atoms with Gasteiger partial charge in [0.2, 0.25) is 0 Å². The van der Waals surface area contributed by atoms with Crippen LogP contribution in [-0.4, -0.2) is 36.6 Å². The van der Waals surface area contributed by atoms with Crippen molar-refractivity contribution in [3.05, 3.63) is 10.6 Å². The predicted molar refractivity (Wildman–Crippen MR) is 69.1 cm³/mol. The van der Waals surface area contributed by atoms with Crippen molar-refractivity contribution in [1.29, 1.82) is 0 Å². The van der Waals surface area contributed by atoms with Gasteiger partial charge >= 0.3 is 0 Å². The standard InChI is InChI=1S/C12H18N2O2S/c1-4-10-7-16-8(2)5-14(10)12-13-9(3)11(6-15)17-12/h6,8,10H,4-5,7H2,1-3H3. The van der Waals surface area contributed by atoms with Crippen LogP contribution in [0, 0.1) is 6.92 Å². The summed E-state index contributed by atoms with van der Waals surface area (Å²) in [7, 11) is 0. The Morgan fingerprint density at radius 3 is 3.00 bits per heavy atom. The van der Waals surface area contributed by atoms with Crippen molar-refractivity contribution in [1.82, 2.24) is 4.98 Å². The predicted octanol–water partition coefficient (Wildman–Crippen LogP) is 2.27. The van der Waals surface area contributed by atoms with Crippen molar-refractivity contribution in [2.45, 2.75) is 39.3 Å². The molecule has 0 aromatic carbocycles. The number of ether oxygens (including phenoxy) is 1. The first-order valence-corrected chi connectivity index (χ1v) is 6.78. The molecular weight excluding hydrogens is 236 g/mol. The Labute approximate surface area is 106 Å². The summed E-state index contributed by atoms with van der Waals surface area (Å²) >= 11 is 1.48. The minimum absolute atomic E-state index is 0.224. The van der Waals surface area contributed by atoms with Gasteiger partial charge in [-0.1, -0.05) is 18.3 Å². The smallest absolute Gasteiger partial charge is 0.186 e. The Morgan fingerprint density at radius 1 is 1.65 bits per heavy atom. The van der Waals surface area contributed by atoms with E-state index in [9.17, 15) is 4.79 Å². The van der Waals surface area contributed by atoms with Crippen LogP contribution in [-0.2, 0) is 4.74 Å². The van der Waals surface area contributed by atoms with Gasteiger partial charge in [-0.15, -0.1) is 0 Å². The summed E-state index contributed by atoms with van der Waals surface area (Å²) in [6.07, 6.45) is 2.14. The van der Waals surface area contributed by atoms with Crippen LogP contribution in [0.1, 0.15) is 35.6 Å². The number of hydrogen-bond donors (Lipinski definition) is 0. The molecule has 0 amide bonds. The van der Waals surface area contributed by atoms with E-state index < -0.39 is 0 Å². The fourth-order valence-corrected chi connectivity index (χ4v) is 3.00. The highest BCUT2D eigenvalue weighted by Gasteiger charge is 2.28. The monoisotopic (exact) mass is 254 g/mol. The largest absolute Gasteiger partial charge is 0.375 e. The highest BCUT2D eigenvalue weighted by Crippen LogP contribution is 2.29. The van der Waals surface area contributed by atoms with E-state index in [1.54, 1.807) is 0 Å². The van der Waals surface area contributed by atoms with Gasteiger partial charge < -0.3 is 9.64 Å². The number of aldehydes is 1. The number of nitrogens with zero attached hydrogens (tertiary/aromatic N) is 2. The molecule has 2 heterocycles. The second kappa shape index (κ2) is 5.14. The summed E-state index contributed by atoms with van der Waals surface area (Å²) < 4.78 is 5.66. The van der Waals surface area contributed by atoms with Crippen molar-refractivity contribution in [3.8, 4) is 0 Å². The Morgan fingerprint density at radius 2 is 2.41 bits per heavy atom. The van der Waals surface area contributed by atoms with E-state index >= 15 is 0 Å². The first-order chi connectivity index (χ1) is 8.15. The molecule has 2 unspecified atom stereocenters. The lowest BCUT2D eigenvalue weighted by atomic mass is 10.1. The molecule has 5 heteroatoms. The van der Waals surface area contributed by atoms with Crippen LogP contribution in [0.5, 0.6) is 0 Å². The number of hydrogen-bond acceptors (Lipinski definition) is 5. The molecule has 1 aliphatic heterocycles. The maximum atomic E-state index is 10.9. The molecule has 0 N–H and O–H groups in total. The molecule has 4 nitrogen and oxygen atoms in total. The van der Waals surface area contributed by atoms with E-state index in [2.05, 4.69) is 23.7 Å². The highest BCUT2D eigenvalue weighted by atomic mass is 32.1. The van der Waals surface area contributed by atoms with Crippen molar-refractivity contribution in [2.24, 2.45) is 0 Å². The van der Waals surface area contributed by atoms with Gasteiger partial charge in [-0.05, 0) is 20.3 Å². The van der Waals surface area contributed by atoms with E-state index in [1.165, 1.54) is 11.3 Å². The number of aryl methyl sites for hydroxylation is 1. The van der Waals surface area contributed by atoms with Crippen LogP contribution >= 0.6 is 11.3 Å². The Hall–Kier alpha value is -0.940. The minimum atomic E-state index is 0.224. The molecule has 94 valence electrons. The van der Waals surface area contributed by atoms with Crippen LogP contribution in [0.2, 0.25) is 0 Å². The van der Waals surface area contributed by atoms with Gasteiger partial charge in [0.1, 0.15) is 0 Å². The van der Waals surface area contributed by atoms with Crippen molar-refractivity contribution < 1.29 is 9.53 Å². The molecule has 0 bridgehead atoms. The molecule has 0 spiro atoms. The Bertz CT molecular complexity index is 405. The zero-order valence-electron chi connectivity index (χ0n) is 10.5. The molecule has 0 radical (unpaired) electrons. The van der Waals surface area contributed by atoms with Gasteiger partial charge in [0.15, 0.2) is 11.4 Å². The molecule has 1 aromatic rings. The minimum Gasteiger partial charge on any atom is -0.375 e. The van der Waals surface area contributed by atoms with Crippen LogP contribution in [0.15, 0.2) is 0 Å². The lowest BCUT2D eigenvalue weighted by Gasteiger charge is -2.38. The number of morpholine rings is 1. The summed E-state index contributed by atoms with van der Waals surface area (Å²) in [6.45, 7) is 7.70. The molecule has 1 saturated heterocycles. The van der Waals surface area contributed by atoms with Crippen LogP contribution in [0.4, 0.5) is 5.13 Å². The normalized spacial score (nSPS) is 25.0. The SMILES string of the molecule is CCC1COC(C)CN1c1nc(C)c(C=O)s1. The molecule has 0 saturated carbocycles. The van der Waals surface area contributed by atoms with Crippen molar-refractivity contribution in [3.63, 3.8) is 0 Å². The van der Waals surface area contributed by atoms with Crippen LogP contribution in [0.25, 0.3) is 0 Å². The second-order valence-electron chi connectivity index (χ2n) is 4.42. The maximum Gasteiger partial charge on any atom is 0.186 e. The van der Waals surface area contributed by atoms with Crippen molar-refractivity contribution in [2.75, 3.05) is 18.1 Å². The average Bonchev–Trinajstić information content (AvgIpc) is 2.70. The molecule has 0 aliphatic carbocycles. The number of anilines is 1. The summed E-state index contributed by atoms with van der Waals surface area (Å²) in [6, 6.07) is 0.372. The van der Waals surface area contributed by atoms with Crippen molar-refractivity contribution >= 4 is 22.8 Å². The fourth-order valence-electron chi connectivity index (χ4n) is 2.04. The average molecular weight is 254 g/mol. The van der Waals surface area contributed by atoms with E-state index in [0.29, 0.717) is 6.04 Å². The molecule has 1 aromatic heterocycles. The van der Waals surface area contributed by atoms with Crippen LogP contribution in [0.3, 0.4) is 0 Å². The summed E-state index contributed by atoms with van der Waals surface area (Å²) in [5.41, 5.74) is 0.828. The highest BCUT2D eigenvalue weighted by molar-refractivity contribution is 7.17. The van der Waals surface area contributed by atoms with Gasteiger partial charge in [0.25, 0.3) is 0 Å². The van der Waals surface area contributed by atoms with Gasteiger partial charge in [-0.2, -0.15) is 0 Å². The lowest BCUT2D eigenvalue weighted by molar-refractivity contribution is 0.0299. The summed E-state index contributed by atoms with van der Waals surface area (Å²) in [4.78, 5) is 18.4. The Kier molecular flexibility index (Phi) is 3.79. The van der Waals surface area contributed by atoms with E-state index in [4.69, 9.17) is 4.74 Å². The fraction of sp³-hybridized carbons (Fsp3) is 0.667. The van der Waals surface area contributed by atoms with Gasteiger partial charge in [-0.3, -0.25) is 4.79 Å². The summed E-state index contributed by atoms with van der Waals surface area (Å²) in [5, 5.41) is 0.951. The molecule has 1 fully saturated rings. The molecular formula is C12H18N2O2S. The number of rotatable bonds is 3. The van der Waals surface area contributed by atoms with Crippen LogP contribution < -0.4 is 4.90 Å². The quantitative estimate of drug-likeness (QED) is 0.776. The first-order valence-electron chi connectivity index (χ1n) is 5.96. The molecule has 2 rings (SSSR count). The zero-order chi connectivity index (χ0) is 12.4. The zero-order valence-corrected chi connectivity index (χ0v) is 11.3. The van der Waals surface area contributed by atoms with E-state index in [0.717, 1.165) is 41.6 Å². The number of carbonyl (C=O) groups excluding carboxylic acids is 1.